The van der Waals surface area contributed by atoms with Gasteiger partial charge in [0.1, 0.15) is 0 Å². The van der Waals surface area contributed by atoms with Gasteiger partial charge in [0, 0.05) is 0 Å². The molecular weight excluding hydrogens is 438 g/mol. The third kappa shape index (κ3) is 3.12. The first-order valence-electron chi connectivity index (χ1n) is 5.78. The van der Waals surface area contributed by atoms with Crippen LogP contribution in [0.1, 0.15) is 16.6 Å². The van der Waals surface area contributed by atoms with Gasteiger partial charge in [0.15, 0.2) is 0 Å². The molecule has 1 aromatic rings. The van der Waals surface area contributed by atoms with Gasteiger partial charge in [-0.3, -0.25) is 0 Å². The van der Waals surface area contributed by atoms with Crippen molar-refractivity contribution in [2.75, 3.05) is 6.61 Å². The molecule has 2 rings (SSSR count). The van der Waals surface area contributed by atoms with E-state index in [4.69, 9.17) is 20.4 Å². The van der Waals surface area contributed by atoms with Gasteiger partial charge < -0.3 is 0 Å². The molecule has 1 saturated heterocycles. The van der Waals surface area contributed by atoms with Gasteiger partial charge in [-0.15, -0.1) is 0 Å². The molecule has 12 heteroatoms. The summed E-state index contributed by atoms with van der Waals surface area (Å²) in [4.78, 5) is 24.4. The van der Waals surface area contributed by atoms with Crippen molar-refractivity contribution in [2.45, 2.75) is 24.3 Å². The number of alkyl halides is 1. The Bertz CT molecular complexity index is 682. The summed E-state index contributed by atoms with van der Waals surface area (Å²) in [7, 11) is 0. The van der Waals surface area contributed by atoms with Crippen molar-refractivity contribution >= 4 is 18.5 Å². The molecular formula is C10H11FIN2O7S-. The minimum atomic E-state index is -2.77. The van der Waals surface area contributed by atoms with Crippen LogP contribution in [0.5, 0.6) is 0 Å². The Labute approximate surface area is 138 Å². The number of aromatic nitrogens is 2. The number of nitrogens with zero attached hydrogens (tertiary/aromatic N) is 1. The third-order valence-corrected chi connectivity index (χ3v) is 3.97. The van der Waals surface area contributed by atoms with Crippen molar-refractivity contribution in [3.63, 3.8) is 0 Å². The summed E-state index contributed by atoms with van der Waals surface area (Å²) in [6.45, 7) is -0.789. The quantitative estimate of drug-likeness (QED) is 0.201. The van der Waals surface area contributed by atoms with E-state index in [1.54, 1.807) is 0 Å². The fourth-order valence-corrected chi connectivity index (χ4v) is 2.78. The number of nitrogens with one attached hydrogen (secondary N) is 1. The summed E-state index contributed by atoms with van der Waals surface area (Å²) < 4.78 is 33.3. The first kappa shape index (κ1) is 17.6. The van der Waals surface area contributed by atoms with E-state index in [9.17, 15) is 24.2 Å². The van der Waals surface area contributed by atoms with Gasteiger partial charge in [-0.2, -0.15) is 0 Å². The number of H-pyrrole nitrogens is 1. The minimum absolute atomic E-state index is 0.230. The first-order valence-corrected chi connectivity index (χ1v) is 8.03. The van der Waals surface area contributed by atoms with Crippen LogP contribution < -0.4 is 27.6 Å². The molecule has 1 aromatic heterocycles. The van der Waals surface area contributed by atoms with Gasteiger partial charge in [-0.25, -0.2) is 0 Å². The Balaban J connectivity index is 2.40. The predicted molar refractivity (Wildman–Crippen MR) is 65.4 cm³/mol. The molecule has 0 radical (unpaired) electrons. The zero-order valence-corrected chi connectivity index (χ0v) is 13.7. The van der Waals surface area contributed by atoms with E-state index in [-0.39, 0.29) is 16.6 Å². The van der Waals surface area contributed by atoms with Crippen LogP contribution in [0.15, 0.2) is 11.0 Å². The van der Waals surface area contributed by atoms with Crippen LogP contribution in [0.4, 0.5) is 4.39 Å². The van der Waals surface area contributed by atoms with Crippen LogP contribution in [-0.4, -0.2) is 54.2 Å². The standard InChI is InChI=1S/C10H11FIN2O7S/c11-10(3-20-12-19)6(17)5(16)8(21-10)14-1-4(2-15)7(18)13-9(14)22/h1-2,5-6,8,16-17,19H,3H2,(H,13,18,22)/q-1/t5-,6+,8-,10-/m1/s1. The van der Waals surface area contributed by atoms with Gasteiger partial charge in [0.2, 0.25) is 0 Å². The van der Waals surface area contributed by atoms with E-state index in [1.807, 2.05) is 0 Å². The molecule has 0 unspecified atom stereocenters. The molecule has 22 heavy (non-hydrogen) atoms. The molecule has 4 atom stereocenters. The number of hydrogen-bond acceptors (Lipinski definition) is 8. The van der Waals surface area contributed by atoms with Crippen molar-refractivity contribution in [3.8, 4) is 0 Å². The van der Waals surface area contributed by atoms with E-state index in [0.717, 1.165) is 10.8 Å². The van der Waals surface area contributed by atoms with Crippen molar-refractivity contribution in [3.05, 3.63) is 26.9 Å². The number of aldehydes is 1. The first-order chi connectivity index (χ1) is 10.3. The molecule has 124 valence electrons. The molecule has 1 aliphatic rings. The average Bonchev–Trinajstić information content (AvgIpc) is 2.70. The van der Waals surface area contributed by atoms with Crippen molar-refractivity contribution in [1.82, 2.24) is 9.55 Å². The number of ether oxygens (including phenoxy) is 1. The van der Waals surface area contributed by atoms with Gasteiger partial charge >= 0.3 is 139 Å². The summed E-state index contributed by atoms with van der Waals surface area (Å²) in [5, 5.41) is 19.7. The van der Waals surface area contributed by atoms with Gasteiger partial charge in [0.25, 0.3) is 0 Å². The molecule has 2 heterocycles. The zero-order valence-electron chi connectivity index (χ0n) is 10.7. The van der Waals surface area contributed by atoms with E-state index in [2.05, 4.69) is 8.05 Å². The van der Waals surface area contributed by atoms with Gasteiger partial charge in [-0.05, 0) is 0 Å². The number of aliphatic hydroxyl groups excluding tert-OH is 2. The molecule has 1 fully saturated rings. The Morgan fingerprint density at radius 2 is 2.32 bits per heavy atom. The molecule has 4 N–H and O–H groups in total. The maximum atomic E-state index is 14.4. The molecule has 0 amide bonds. The van der Waals surface area contributed by atoms with Gasteiger partial charge in [0.05, 0.1) is 0 Å². The van der Waals surface area contributed by atoms with Crippen LogP contribution in [0.2, 0.25) is 0 Å². The van der Waals surface area contributed by atoms with E-state index < -0.39 is 58.5 Å². The predicted octanol–water partition coefficient (Wildman–Crippen LogP) is -4.44. The van der Waals surface area contributed by atoms with Crippen molar-refractivity contribution < 1.29 is 52.7 Å². The Kier molecular flexibility index (Phi) is 5.41. The Hall–Kier alpha value is -0.770. The topological polar surface area (TPSA) is 134 Å². The summed E-state index contributed by atoms with van der Waals surface area (Å²) >= 11 is 3.17. The van der Waals surface area contributed by atoms with Crippen LogP contribution in [0, 0.1) is 4.77 Å². The number of hydrogen-bond donors (Lipinski definition) is 4. The maximum absolute atomic E-state index is 14.4. The van der Waals surface area contributed by atoms with E-state index in [0.29, 0.717) is 0 Å². The second-order valence-corrected chi connectivity index (χ2v) is 5.82. The molecule has 0 saturated carbocycles. The Morgan fingerprint density at radius 1 is 1.64 bits per heavy atom. The molecule has 9 nitrogen and oxygen atoms in total. The van der Waals surface area contributed by atoms with Crippen molar-refractivity contribution in [2.24, 2.45) is 0 Å². The number of aromatic amines is 1. The number of halogens is 2. The normalized spacial score (nSPS) is 31.5. The van der Waals surface area contributed by atoms with Crippen LogP contribution in [-0.2, 0) is 7.80 Å². The number of carbonyl (C=O) groups is 1. The van der Waals surface area contributed by atoms with E-state index >= 15 is 0 Å². The number of carbonyl (C=O) groups excluding carboxylic acids is 1. The Morgan fingerprint density at radius 3 is 2.91 bits per heavy atom. The van der Waals surface area contributed by atoms with Crippen LogP contribution in [0.25, 0.3) is 0 Å². The van der Waals surface area contributed by atoms with Crippen LogP contribution >= 0.6 is 12.2 Å². The monoisotopic (exact) mass is 449 g/mol. The summed E-state index contributed by atoms with van der Waals surface area (Å²) in [5.41, 5.74) is -1.06. The number of aliphatic hydroxyl groups is 2. The molecule has 0 spiro atoms. The summed E-state index contributed by atoms with van der Waals surface area (Å²) in [5.74, 6) is -2.77. The fraction of sp³-hybridized carbons (Fsp3) is 0.500. The molecule has 0 bridgehead atoms. The fourth-order valence-electron chi connectivity index (χ4n) is 1.96. The molecule has 1 aliphatic heterocycles. The average molecular weight is 449 g/mol. The third-order valence-electron chi connectivity index (χ3n) is 3.07. The van der Waals surface area contributed by atoms with Gasteiger partial charge in [-0.1, -0.05) is 0 Å². The summed E-state index contributed by atoms with van der Waals surface area (Å²) in [6, 6.07) is 0. The van der Waals surface area contributed by atoms with Crippen LogP contribution in [0.3, 0.4) is 0 Å². The summed E-state index contributed by atoms with van der Waals surface area (Å²) in [6.07, 6.45) is -3.95. The zero-order chi connectivity index (χ0) is 16.5. The molecule has 0 aromatic carbocycles. The van der Waals surface area contributed by atoms with E-state index in [1.165, 1.54) is 0 Å². The second kappa shape index (κ2) is 6.77. The molecule has 0 aliphatic carbocycles. The SMILES string of the molecule is O=Cc1cn([C@@H]2O[C@](F)(CO[I-]O)[C@@H](O)[C@H]2O)c(=S)[nH]c1=O. The van der Waals surface area contributed by atoms with Crippen molar-refractivity contribution in [1.29, 1.82) is 0 Å². The second-order valence-electron chi connectivity index (χ2n) is 4.42. The number of rotatable bonds is 5.